The molecule has 0 N–H and O–H groups in total. The molecule has 3 rings (SSSR count). The summed E-state index contributed by atoms with van der Waals surface area (Å²) in [6, 6.07) is 6.93. The lowest BCUT2D eigenvalue weighted by Crippen LogP contribution is -2.17. The molecule has 0 saturated heterocycles. The van der Waals surface area contributed by atoms with Crippen LogP contribution in [0.3, 0.4) is 0 Å². The number of hydrogen-bond donors (Lipinski definition) is 0. The summed E-state index contributed by atoms with van der Waals surface area (Å²) in [6.45, 7) is 1.60. The van der Waals surface area contributed by atoms with Crippen LogP contribution in [-0.2, 0) is 9.84 Å². The van der Waals surface area contributed by atoms with E-state index < -0.39 is 27.3 Å². The molecule has 0 unspecified atom stereocenters. The average Bonchev–Trinajstić information content (AvgIpc) is 2.63. The van der Waals surface area contributed by atoms with Crippen molar-refractivity contribution in [1.29, 1.82) is 0 Å². The number of likely N-dealkylation sites (N-methyl/N-ethyl adjacent to an activating group) is 1. The van der Waals surface area contributed by atoms with E-state index in [0.717, 1.165) is 12.1 Å². The molecule has 1 aliphatic heterocycles. The maximum Gasteiger partial charge on any atom is 0.178 e. The quantitative estimate of drug-likeness (QED) is 0.719. The average molecular weight is 409 g/mol. The minimum Gasteiger partial charge on any atom is -0.454 e. The highest BCUT2D eigenvalue weighted by atomic mass is 32.2. The first kappa shape index (κ1) is 20.0. The molecule has 0 aromatic heterocycles. The summed E-state index contributed by atoms with van der Waals surface area (Å²) in [4.78, 5) is 1.63. The Morgan fingerprint density at radius 2 is 1.79 bits per heavy atom. The van der Waals surface area contributed by atoms with Crippen molar-refractivity contribution in [3.05, 3.63) is 71.7 Å². The highest BCUT2D eigenvalue weighted by molar-refractivity contribution is 7.91. The number of benzene rings is 2. The Kier molecular flexibility index (Phi) is 5.51. The summed E-state index contributed by atoms with van der Waals surface area (Å²) in [5.74, 6) is -2.30. The van der Waals surface area contributed by atoms with E-state index in [1.807, 2.05) is 0 Å². The van der Waals surface area contributed by atoms with Gasteiger partial charge in [0.05, 0.1) is 17.2 Å². The predicted molar refractivity (Wildman–Crippen MR) is 100 cm³/mol. The monoisotopic (exact) mass is 409 g/mol. The molecule has 0 atom stereocenters. The first-order valence-corrected chi connectivity index (χ1v) is 10.1. The van der Waals surface area contributed by atoms with E-state index >= 15 is 0 Å². The van der Waals surface area contributed by atoms with Crippen LogP contribution in [-0.4, -0.2) is 32.7 Å². The van der Waals surface area contributed by atoms with Crippen LogP contribution in [0.2, 0.25) is 0 Å². The van der Waals surface area contributed by atoms with Crippen LogP contribution in [0.25, 0.3) is 5.57 Å². The van der Waals surface area contributed by atoms with Crippen molar-refractivity contribution in [2.45, 2.75) is 11.8 Å². The molecule has 4 nitrogen and oxygen atoms in total. The molecule has 1 aliphatic rings. The molecule has 28 heavy (non-hydrogen) atoms. The van der Waals surface area contributed by atoms with Gasteiger partial charge in [0, 0.05) is 30.5 Å². The van der Waals surface area contributed by atoms with Gasteiger partial charge in [-0.15, -0.1) is 0 Å². The van der Waals surface area contributed by atoms with Gasteiger partial charge < -0.3 is 9.64 Å². The molecule has 0 aliphatic carbocycles. The molecule has 2 aromatic carbocycles. The summed E-state index contributed by atoms with van der Waals surface area (Å²) in [6.07, 6.45) is 2.90. The number of allylic oxidation sites excluding steroid dienone is 2. The second kappa shape index (κ2) is 7.71. The fourth-order valence-corrected chi connectivity index (χ4v) is 3.69. The van der Waals surface area contributed by atoms with Gasteiger partial charge >= 0.3 is 0 Å². The van der Waals surface area contributed by atoms with Gasteiger partial charge in [-0.2, -0.15) is 0 Å². The molecule has 1 heterocycles. The summed E-state index contributed by atoms with van der Waals surface area (Å²) >= 11 is 0. The number of ether oxygens (including phenoxy) is 1. The predicted octanol–water partition coefficient (Wildman–Crippen LogP) is 4.69. The number of sulfone groups is 1. The first-order chi connectivity index (χ1) is 13.2. The third kappa shape index (κ3) is 4.22. The second-order valence-electron chi connectivity index (χ2n) is 6.33. The van der Waals surface area contributed by atoms with Crippen LogP contribution < -0.4 is 4.74 Å². The Morgan fingerprint density at radius 3 is 2.43 bits per heavy atom. The molecule has 0 bridgehead atoms. The Labute approximate surface area is 161 Å². The van der Waals surface area contributed by atoms with Gasteiger partial charge in [-0.25, -0.2) is 21.6 Å². The largest absolute Gasteiger partial charge is 0.454 e. The molecular formula is C20H18F3NO3S. The van der Waals surface area contributed by atoms with Crippen LogP contribution in [0, 0.1) is 11.6 Å². The van der Waals surface area contributed by atoms with E-state index in [1.54, 1.807) is 18.1 Å². The van der Waals surface area contributed by atoms with Gasteiger partial charge in [-0.05, 0) is 36.4 Å². The van der Waals surface area contributed by atoms with Gasteiger partial charge in [0.25, 0.3) is 0 Å². The van der Waals surface area contributed by atoms with Crippen molar-refractivity contribution in [2.24, 2.45) is 0 Å². The molecule has 2 aromatic rings. The molecule has 0 saturated carbocycles. The van der Waals surface area contributed by atoms with E-state index in [-0.39, 0.29) is 34.3 Å². The fraction of sp³-hybridized carbons (Fsp3) is 0.200. The van der Waals surface area contributed by atoms with E-state index in [9.17, 15) is 21.6 Å². The third-order valence-electron chi connectivity index (χ3n) is 4.19. The van der Waals surface area contributed by atoms with E-state index in [0.29, 0.717) is 11.6 Å². The first-order valence-electron chi connectivity index (χ1n) is 8.48. The Bertz CT molecular complexity index is 1080. The minimum atomic E-state index is -3.52. The third-order valence-corrected chi connectivity index (χ3v) is 5.92. The zero-order valence-electron chi connectivity index (χ0n) is 15.2. The molecule has 148 valence electrons. The smallest absolute Gasteiger partial charge is 0.178 e. The molecule has 0 spiro atoms. The fourth-order valence-electron chi connectivity index (χ4n) is 2.78. The van der Waals surface area contributed by atoms with Crippen molar-refractivity contribution < 1.29 is 26.3 Å². The van der Waals surface area contributed by atoms with Gasteiger partial charge in [-0.1, -0.05) is 6.92 Å². The van der Waals surface area contributed by atoms with Crippen LogP contribution in [0.15, 0.2) is 59.4 Å². The standard InChI is InChI=1S/C20H18F3NO3S/c1-3-28(25,26)16-5-7-19(27-20-6-4-14(21)9-18(20)23)17(10-16)13-8-15(22)12-24(2)11-13/h4-11H,3,12H2,1-2H3. The molecular weight excluding hydrogens is 391 g/mol. The number of rotatable bonds is 5. The zero-order valence-corrected chi connectivity index (χ0v) is 16.1. The van der Waals surface area contributed by atoms with Gasteiger partial charge in [0.15, 0.2) is 21.4 Å². The van der Waals surface area contributed by atoms with E-state index in [4.69, 9.17) is 4.74 Å². The molecule has 0 fully saturated rings. The van der Waals surface area contributed by atoms with Crippen molar-refractivity contribution >= 4 is 15.4 Å². The van der Waals surface area contributed by atoms with Gasteiger partial charge in [0.2, 0.25) is 0 Å². The van der Waals surface area contributed by atoms with Gasteiger partial charge in [-0.3, -0.25) is 0 Å². The summed E-state index contributed by atoms with van der Waals surface area (Å²) < 4.78 is 71.2. The van der Waals surface area contributed by atoms with E-state index in [1.165, 1.54) is 31.2 Å². The zero-order chi connectivity index (χ0) is 20.5. The Hall–Kier alpha value is -2.74. The van der Waals surface area contributed by atoms with Crippen LogP contribution >= 0.6 is 0 Å². The Balaban J connectivity index is 2.14. The second-order valence-corrected chi connectivity index (χ2v) is 8.61. The number of nitrogens with zero attached hydrogens (tertiary/aromatic N) is 1. The summed E-state index contributed by atoms with van der Waals surface area (Å²) in [5, 5.41) is 0. The highest BCUT2D eigenvalue weighted by Crippen LogP contribution is 2.36. The number of halogens is 3. The van der Waals surface area contributed by atoms with Crippen LogP contribution in [0.5, 0.6) is 11.5 Å². The minimum absolute atomic E-state index is 0.0415. The SMILES string of the molecule is CCS(=O)(=O)c1ccc(Oc2ccc(F)cc2F)c(C2=CN(C)CC(F)=C2)c1. The van der Waals surface area contributed by atoms with Crippen molar-refractivity contribution in [2.75, 3.05) is 19.3 Å². The van der Waals surface area contributed by atoms with Crippen molar-refractivity contribution in [3.8, 4) is 11.5 Å². The topological polar surface area (TPSA) is 46.6 Å². The van der Waals surface area contributed by atoms with Crippen LogP contribution in [0.1, 0.15) is 12.5 Å². The number of hydrogen-bond acceptors (Lipinski definition) is 4. The van der Waals surface area contributed by atoms with Crippen molar-refractivity contribution in [1.82, 2.24) is 4.90 Å². The molecule has 0 radical (unpaired) electrons. The molecule has 8 heteroatoms. The lowest BCUT2D eigenvalue weighted by Gasteiger charge is -2.21. The Morgan fingerprint density at radius 1 is 1.07 bits per heavy atom. The van der Waals surface area contributed by atoms with Crippen molar-refractivity contribution in [3.63, 3.8) is 0 Å². The van der Waals surface area contributed by atoms with Crippen LogP contribution in [0.4, 0.5) is 13.2 Å². The maximum atomic E-state index is 14.0. The van der Waals surface area contributed by atoms with E-state index in [2.05, 4.69) is 0 Å². The summed E-state index contributed by atoms with van der Waals surface area (Å²) in [5.41, 5.74) is 0.650. The lowest BCUT2D eigenvalue weighted by atomic mass is 10.0. The highest BCUT2D eigenvalue weighted by Gasteiger charge is 2.20. The molecule has 0 amide bonds. The normalized spacial score (nSPS) is 14.5. The maximum absolute atomic E-state index is 14.0. The lowest BCUT2D eigenvalue weighted by molar-refractivity contribution is 0.429. The summed E-state index contributed by atoms with van der Waals surface area (Å²) in [7, 11) is -1.86. The van der Waals surface area contributed by atoms with Gasteiger partial charge in [0.1, 0.15) is 17.4 Å².